The predicted molar refractivity (Wildman–Crippen MR) is 124 cm³/mol. The molecule has 7 nitrogen and oxygen atoms in total. The highest BCUT2D eigenvalue weighted by Gasteiger charge is 2.24. The average molecular weight is 426 g/mol. The number of para-hydroxylation sites is 1. The van der Waals surface area contributed by atoms with Crippen molar-refractivity contribution in [3.63, 3.8) is 0 Å². The number of anilines is 2. The van der Waals surface area contributed by atoms with Gasteiger partial charge in [0.25, 0.3) is 5.69 Å². The Balaban J connectivity index is 1.84. The van der Waals surface area contributed by atoms with E-state index in [9.17, 15) is 14.9 Å². The van der Waals surface area contributed by atoms with Crippen LogP contribution in [0.5, 0.6) is 0 Å². The van der Waals surface area contributed by atoms with Gasteiger partial charge in [-0.25, -0.2) is 4.79 Å². The maximum absolute atomic E-state index is 13.0. The number of nitrogens with one attached hydrogen (secondary N) is 1. The molecule has 5 aromatic rings. The first-order valence-corrected chi connectivity index (χ1v) is 10.00. The minimum Gasteiger partial charge on any atom is -0.439 e. The molecule has 0 aliphatic rings. The highest BCUT2D eigenvalue weighted by molar-refractivity contribution is 6.10. The van der Waals surface area contributed by atoms with Gasteiger partial charge in [0.2, 0.25) is 5.88 Å². The lowest BCUT2D eigenvalue weighted by Crippen LogP contribution is -2.00. The summed E-state index contributed by atoms with van der Waals surface area (Å²) in [7, 11) is 0. The number of non-ortho nitro benzene ring substituents is 1. The van der Waals surface area contributed by atoms with Crippen molar-refractivity contribution in [1.82, 2.24) is 0 Å². The van der Waals surface area contributed by atoms with Crippen molar-refractivity contribution in [3.8, 4) is 11.1 Å². The second-order valence-electron chi connectivity index (χ2n) is 7.65. The minimum absolute atomic E-state index is 0.0838. The molecule has 1 N–H and O–H groups in total. The van der Waals surface area contributed by atoms with Gasteiger partial charge in [-0.3, -0.25) is 10.1 Å². The summed E-state index contributed by atoms with van der Waals surface area (Å²) in [4.78, 5) is 23.9. The van der Waals surface area contributed by atoms with Gasteiger partial charge in [0.05, 0.1) is 15.9 Å². The maximum atomic E-state index is 13.0. The Bertz CT molecular complexity index is 1580. The third kappa shape index (κ3) is 3.20. The third-order valence-electron chi connectivity index (χ3n) is 5.42. The van der Waals surface area contributed by atoms with E-state index in [1.807, 2.05) is 44.2 Å². The van der Waals surface area contributed by atoms with Gasteiger partial charge in [0, 0.05) is 17.8 Å². The number of aryl methyl sites for hydroxylation is 2. The number of benzene rings is 3. The zero-order valence-electron chi connectivity index (χ0n) is 17.3. The average Bonchev–Trinajstić information content (AvgIpc) is 3.16. The Morgan fingerprint density at radius 3 is 2.53 bits per heavy atom. The summed E-state index contributed by atoms with van der Waals surface area (Å²) in [5.41, 5.74) is 3.92. The van der Waals surface area contributed by atoms with Crippen molar-refractivity contribution < 1.29 is 13.8 Å². The number of hydrogen-bond acceptors (Lipinski definition) is 6. The van der Waals surface area contributed by atoms with E-state index in [0.717, 1.165) is 16.8 Å². The highest BCUT2D eigenvalue weighted by Crippen LogP contribution is 2.42. The van der Waals surface area contributed by atoms with E-state index in [1.54, 1.807) is 24.3 Å². The molecule has 7 heteroatoms. The fraction of sp³-hybridized carbons (Fsp3) is 0.0800. The summed E-state index contributed by atoms with van der Waals surface area (Å²) in [5, 5.41) is 15.5. The standard InChI is InChI=1S/C25H18N2O5/c1-14-10-11-19(15(2)12-14)26-24-21(16-6-5-7-17(13-16)27(29)30)22-23(32-24)18-8-3-4-9-20(18)31-25(22)28/h3-13,26H,1-2H3. The molecule has 0 unspecified atom stereocenters. The number of nitro benzene ring substituents is 1. The Hall–Kier alpha value is -4.39. The molecule has 0 amide bonds. The summed E-state index contributed by atoms with van der Waals surface area (Å²) >= 11 is 0. The van der Waals surface area contributed by atoms with Gasteiger partial charge in [0.1, 0.15) is 11.0 Å². The Labute approximate surface area is 182 Å². The van der Waals surface area contributed by atoms with Crippen LogP contribution in [0.4, 0.5) is 17.3 Å². The van der Waals surface area contributed by atoms with Crippen molar-refractivity contribution in [2.24, 2.45) is 0 Å². The van der Waals surface area contributed by atoms with Crippen molar-refractivity contribution in [2.45, 2.75) is 13.8 Å². The van der Waals surface area contributed by atoms with Crippen LogP contribution in [0.15, 0.2) is 80.4 Å². The normalized spacial score (nSPS) is 11.2. The van der Waals surface area contributed by atoms with Crippen LogP contribution in [0.1, 0.15) is 11.1 Å². The zero-order chi connectivity index (χ0) is 22.4. The Kier molecular flexibility index (Phi) is 4.52. The van der Waals surface area contributed by atoms with E-state index in [-0.39, 0.29) is 11.1 Å². The molecule has 0 fully saturated rings. The van der Waals surface area contributed by atoms with Gasteiger partial charge in [-0.1, -0.05) is 42.0 Å². The molecule has 0 saturated carbocycles. The predicted octanol–water partition coefficient (Wildman–Crippen LogP) is 6.47. The van der Waals surface area contributed by atoms with Gasteiger partial charge in [-0.15, -0.1) is 0 Å². The fourth-order valence-corrected chi connectivity index (χ4v) is 3.92. The van der Waals surface area contributed by atoms with Crippen molar-refractivity contribution in [3.05, 3.63) is 98.4 Å². The summed E-state index contributed by atoms with van der Waals surface area (Å²) in [5.74, 6) is 0.316. The second kappa shape index (κ2) is 7.39. The largest absolute Gasteiger partial charge is 0.439 e. The van der Waals surface area contributed by atoms with Crippen LogP contribution in [0, 0.1) is 24.0 Å². The summed E-state index contributed by atoms with van der Waals surface area (Å²) in [6, 6.07) is 19.1. The molecule has 0 aliphatic carbocycles. The molecular formula is C25H18N2O5. The zero-order valence-corrected chi connectivity index (χ0v) is 17.3. The van der Waals surface area contributed by atoms with E-state index < -0.39 is 10.5 Å². The number of hydrogen-bond donors (Lipinski definition) is 1. The molecule has 0 radical (unpaired) electrons. The first-order chi connectivity index (χ1) is 15.4. The van der Waals surface area contributed by atoms with Gasteiger partial charge < -0.3 is 14.2 Å². The third-order valence-corrected chi connectivity index (χ3v) is 5.42. The maximum Gasteiger partial charge on any atom is 0.348 e. The van der Waals surface area contributed by atoms with Crippen LogP contribution in [0.25, 0.3) is 33.1 Å². The molecule has 0 aliphatic heterocycles. The molecule has 32 heavy (non-hydrogen) atoms. The smallest absolute Gasteiger partial charge is 0.348 e. The van der Waals surface area contributed by atoms with Crippen LogP contribution in [0.3, 0.4) is 0 Å². The van der Waals surface area contributed by atoms with Crippen LogP contribution < -0.4 is 10.9 Å². The van der Waals surface area contributed by atoms with Crippen molar-refractivity contribution in [1.29, 1.82) is 0 Å². The lowest BCUT2D eigenvalue weighted by atomic mass is 10.0. The van der Waals surface area contributed by atoms with Crippen molar-refractivity contribution >= 4 is 39.2 Å². The molecule has 0 atom stereocenters. The SMILES string of the molecule is Cc1ccc(Nc2oc3c(c2-c2cccc([N+](=O)[O-])c2)c(=O)oc2ccccc23)c(C)c1. The fourth-order valence-electron chi connectivity index (χ4n) is 3.92. The number of rotatable bonds is 4. The molecule has 2 heterocycles. The molecule has 0 spiro atoms. The van der Waals surface area contributed by atoms with Crippen LogP contribution in [-0.4, -0.2) is 4.92 Å². The molecule has 2 aromatic heterocycles. The first kappa shape index (κ1) is 19.6. The Morgan fingerprint density at radius 1 is 0.938 bits per heavy atom. The summed E-state index contributed by atoms with van der Waals surface area (Å²) in [6.07, 6.45) is 0. The lowest BCUT2D eigenvalue weighted by Gasteiger charge is -2.10. The highest BCUT2D eigenvalue weighted by atomic mass is 16.6. The van der Waals surface area contributed by atoms with E-state index in [2.05, 4.69) is 5.32 Å². The lowest BCUT2D eigenvalue weighted by molar-refractivity contribution is -0.384. The molecule has 3 aromatic carbocycles. The molecule has 0 saturated heterocycles. The molecule has 5 rings (SSSR count). The molecular weight excluding hydrogens is 408 g/mol. The summed E-state index contributed by atoms with van der Waals surface area (Å²) in [6.45, 7) is 3.97. The number of fused-ring (bicyclic) bond motifs is 3. The van der Waals surface area contributed by atoms with E-state index >= 15 is 0 Å². The topological polar surface area (TPSA) is 98.5 Å². The van der Waals surface area contributed by atoms with Gasteiger partial charge in [-0.2, -0.15) is 0 Å². The quantitative estimate of drug-likeness (QED) is 0.201. The van der Waals surface area contributed by atoms with E-state index in [4.69, 9.17) is 8.83 Å². The summed E-state index contributed by atoms with van der Waals surface area (Å²) < 4.78 is 11.7. The van der Waals surface area contributed by atoms with E-state index in [1.165, 1.54) is 12.1 Å². The minimum atomic E-state index is -0.572. The number of nitro groups is 1. The molecule has 0 bridgehead atoms. The van der Waals surface area contributed by atoms with Gasteiger partial charge in [-0.05, 0) is 43.2 Å². The van der Waals surface area contributed by atoms with Crippen LogP contribution >= 0.6 is 0 Å². The van der Waals surface area contributed by atoms with E-state index in [0.29, 0.717) is 33.6 Å². The number of furan rings is 1. The van der Waals surface area contributed by atoms with Crippen molar-refractivity contribution in [2.75, 3.05) is 5.32 Å². The van der Waals surface area contributed by atoms with Crippen LogP contribution in [0.2, 0.25) is 0 Å². The first-order valence-electron chi connectivity index (χ1n) is 10.00. The number of nitrogens with zero attached hydrogens (tertiary/aromatic N) is 1. The van der Waals surface area contributed by atoms with Gasteiger partial charge >= 0.3 is 5.63 Å². The molecule has 158 valence electrons. The van der Waals surface area contributed by atoms with Crippen LogP contribution in [-0.2, 0) is 0 Å². The monoisotopic (exact) mass is 426 g/mol. The Morgan fingerprint density at radius 2 is 1.75 bits per heavy atom. The second-order valence-corrected chi connectivity index (χ2v) is 7.65. The van der Waals surface area contributed by atoms with Gasteiger partial charge in [0.15, 0.2) is 5.58 Å².